The number of hydrogen-bond acceptors (Lipinski definition) is 0. The maximum atomic E-state index is 2.41. The number of rotatable bonds is 6. The third-order valence-electron chi connectivity index (χ3n) is 7.56. The van der Waals surface area contributed by atoms with Crippen molar-refractivity contribution in [1.82, 2.24) is 0 Å². The van der Waals surface area contributed by atoms with Crippen LogP contribution in [0.15, 0.2) is 18.2 Å². The standard InChI is InChI=1S/C25H40/c1-4-5-21-10-14-24(15-11-21)25-16-12-22(13-17-25)8-9-23-7-6-19(2)20(3)18-23/h6-7,18,21-22,24-25H,4-5,8-17H2,1-3H3. The monoisotopic (exact) mass is 340 g/mol. The molecule has 2 fully saturated rings. The fourth-order valence-corrected chi connectivity index (χ4v) is 5.63. The van der Waals surface area contributed by atoms with E-state index >= 15 is 0 Å². The van der Waals surface area contributed by atoms with Gasteiger partial charge in [-0.2, -0.15) is 0 Å². The van der Waals surface area contributed by atoms with Gasteiger partial charge in [-0.1, -0.05) is 63.6 Å². The van der Waals surface area contributed by atoms with Crippen molar-refractivity contribution in [1.29, 1.82) is 0 Å². The first kappa shape index (κ1) is 19.0. The second-order valence-electron chi connectivity index (χ2n) is 9.31. The van der Waals surface area contributed by atoms with Gasteiger partial charge >= 0.3 is 0 Å². The smallest absolute Gasteiger partial charge is 0.0276 e. The molecule has 0 bridgehead atoms. The Labute approximate surface area is 156 Å². The maximum absolute atomic E-state index is 2.41. The van der Waals surface area contributed by atoms with Gasteiger partial charge in [0, 0.05) is 0 Å². The minimum absolute atomic E-state index is 0.995. The van der Waals surface area contributed by atoms with Gasteiger partial charge in [-0.3, -0.25) is 0 Å². The Morgan fingerprint density at radius 2 is 1.28 bits per heavy atom. The van der Waals surface area contributed by atoms with Crippen LogP contribution in [0.1, 0.15) is 94.2 Å². The zero-order chi connectivity index (χ0) is 17.6. The minimum Gasteiger partial charge on any atom is -0.0654 e. The topological polar surface area (TPSA) is 0 Å². The molecule has 0 unspecified atom stereocenters. The van der Waals surface area contributed by atoms with Crippen molar-refractivity contribution in [3.8, 4) is 0 Å². The molecule has 0 N–H and O–H groups in total. The van der Waals surface area contributed by atoms with Crippen molar-refractivity contribution in [2.75, 3.05) is 0 Å². The highest BCUT2D eigenvalue weighted by Crippen LogP contribution is 2.42. The quantitative estimate of drug-likeness (QED) is 0.499. The van der Waals surface area contributed by atoms with Crippen LogP contribution in [0.4, 0.5) is 0 Å². The van der Waals surface area contributed by atoms with Gasteiger partial charge in [-0.25, -0.2) is 0 Å². The first-order valence-corrected chi connectivity index (χ1v) is 11.2. The highest BCUT2D eigenvalue weighted by Gasteiger charge is 2.30. The summed E-state index contributed by atoms with van der Waals surface area (Å²) in [5.41, 5.74) is 4.44. The molecule has 0 aliphatic heterocycles. The molecule has 2 aliphatic rings. The van der Waals surface area contributed by atoms with Crippen LogP contribution in [-0.4, -0.2) is 0 Å². The summed E-state index contributed by atoms with van der Waals surface area (Å²) >= 11 is 0. The van der Waals surface area contributed by atoms with Crippen molar-refractivity contribution >= 4 is 0 Å². The second kappa shape index (κ2) is 9.24. The molecule has 0 atom stereocenters. The van der Waals surface area contributed by atoms with Crippen LogP contribution in [0, 0.1) is 37.5 Å². The van der Waals surface area contributed by atoms with Crippen LogP contribution < -0.4 is 0 Å². The van der Waals surface area contributed by atoms with Gasteiger partial charge in [-0.05, 0) is 92.7 Å². The lowest BCUT2D eigenvalue weighted by atomic mass is 9.68. The molecule has 0 spiro atoms. The molecule has 2 aliphatic carbocycles. The third-order valence-corrected chi connectivity index (χ3v) is 7.56. The SMILES string of the molecule is CCCC1CCC(C2CCC(CCc3ccc(C)c(C)c3)CC2)CC1. The lowest BCUT2D eigenvalue weighted by Gasteiger charge is -2.38. The van der Waals surface area contributed by atoms with E-state index in [1.807, 2.05) is 0 Å². The molecular weight excluding hydrogens is 300 g/mol. The predicted octanol–water partition coefficient (Wildman–Crippen LogP) is 7.65. The normalized spacial score (nSPS) is 30.4. The Kier molecular flexibility index (Phi) is 7.02. The van der Waals surface area contributed by atoms with Crippen LogP contribution in [0.3, 0.4) is 0 Å². The second-order valence-corrected chi connectivity index (χ2v) is 9.31. The zero-order valence-corrected chi connectivity index (χ0v) is 17.0. The van der Waals surface area contributed by atoms with E-state index in [9.17, 15) is 0 Å². The van der Waals surface area contributed by atoms with Gasteiger partial charge in [0.25, 0.3) is 0 Å². The summed E-state index contributed by atoms with van der Waals surface area (Å²) in [6.45, 7) is 6.82. The van der Waals surface area contributed by atoms with Gasteiger partial charge in [0.2, 0.25) is 0 Å². The van der Waals surface area contributed by atoms with Gasteiger partial charge < -0.3 is 0 Å². The molecule has 2 saturated carbocycles. The molecule has 25 heavy (non-hydrogen) atoms. The molecule has 0 heterocycles. The molecule has 0 nitrogen and oxygen atoms in total. The Hall–Kier alpha value is -0.780. The predicted molar refractivity (Wildman–Crippen MR) is 110 cm³/mol. The van der Waals surface area contributed by atoms with Gasteiger partial charge in [-0.15, -0.1) is 0 Å². The summed E-state index contributed by atoms with van der Waals surface area (Å²) in [7, 11) is 0. The molecule has 140 valence electrons. The van der Waals surface area contributed by atoms with Crippen molar-refractivity contribution in [3.05, 3.63) is 34.9 Å². The average Bonchev–Trinajstić information content (AvgIpc) is 2.64. The largest absolute Gasteiger partial charge is 0.0654 e. The van der Waals surface area contributed by atoms with Gasteiger partial charge in [0.05, 0.1) is 0 Å². The van der Waals surface area contributed by atoms with E-state index in [0.717, 1.165) is 23.7 Å². The van der Waals surface area contributed by atoms with Crippen molar-refractivity contribution in [2.45, 2.75) is 97.8 Å². The molecular formula is C25H40. The Balaban J connectivity index is 1.38. The van der Waals surface area contributed by atoms with Crippen molar-refractivity contribution in [2.24, 2.45) is 23.7 Å². The van der Waals surface area contributed by atoms with E-state index in [1.165, 1.54) is 75.3 Å². The molecule has 0 amide bonds. The summed E-state index contributed by atoms with van der Waals surface area (Å²) in [6, 6.07) is 7.06. The van der Waals surface area contributed by atoms with Gasteiger partial charge in [0.1, 0.15) is 0 Å². The van der Waals surface area contributed by atoms with E-state index < -0.39 is 0 Å². The van der Waals surface area contributed by atoms with Crippen molar-refractivity contribution < 1.29 is 0 Å². The Morgan fingerprint density at radius 3 is 1.80 bits per heavy atom. The Morgan fingerprint density at radius 1 is 0.720 bits per heavy atom. The van der Waals surface area contributed by atoms with Crippen LogP contribution in [0.2, 0.25) is 0 Å². The van der Waals surface area contributed by atoms with Gasteiger partial charge in [0.15, 0.2) is 0 Å². The molecule has 0 aromatic heterocycles. The summed E-state index contributed by atoms with van der Waals surface area (Å²) in [5.74, 6) is 4.21. The zero-order valence-electron chi connectivity index (χ0n) is 17.0. The van der Waals surface area contributed by atoms with Crippen LogP contribution >= 0.6 is 0 Å². The fraction of sp³-hybridized carbons (Fsp3) is 0.760. The average molecular weight is 341 g/mol. The molecule has 0 saturated heterocycles. The Bertz CT molecular complexity index is 513. The van der Waals surface area contributed by atoms with E-state index in [2.05, 4.69) is 39.0 Å². The van der Waals surface area contributed by atoms with E-state index in [0.29, 0.717) is 0 Å². The summed E-state index contributed by atoms with van der Waals surface area (Å²) in [6.07, 6.45) is 17.8. The molecule has 1 aromatic rings. The van der Waals surface area contributed by atoms with E-state index in [4.69, 9.17) is 0 Å². The number of benzene rings is 1. The van der Waals surface area contributed by atoms with Crippen LogP contribution in [0.5, 0.6) is 0 Å². The fourth-order valence-electron chi connectivity index (χ4n) is 5.63. The van der Waals surface area contributed by atoms with E-state index in [1.54, 1.807) is 18.4 Å². The van der Waals surface area contributed by atoms with Crippen LogP contribution in [-0.2, 0) is 6.42 Å². The summed E-state index contributed by atoms with van der Waals surface area (Å²) in [4.78, 5) is 0. The number of aryl methyl sites for hydroxylation is 3. The van der Waals surface area contributed by atoms with E-state index in [-0.39, 0.29) is 0 Å². The van der Waals surface area contributed by atoms with Crippen molar-refractivity contribution in [3.63, 3.8) is 0 Å². The molecule has 0 heteroatoms. The molecule has 0 radical (unpaired) electrons. The third kappa shape index (κ3) is 5.35. The lowest BCUT2D eigenvalue weighted by molar-refractivity contribution is 0.141. The highest BCUT2D eigenvalue weighted by molar-refractivity contribution is 5.29. The molecule has 1 aromatic carbocycles. The maximum Gasteiger partial charge on any atom is -0.0276 e. The summed E-state index contributed by atoms with van der Waals surface area (Å²) in [5, 5.41) is 0. The highest BCUT2D eigenvalue weighted by atomic mass is 14.4. The summed E-state index contributed by atoms with van der Waals surface area (Å²) < 4.78 is 0. The first-order valence-electron chi connectivity index (χ1n) is 11.2. The first-order chi connectivity index (χ1) is 12.2. The molecule has 3 rings (SSSR count). The van der Waals surface area contributed by atoms with Crippen LogP contribution in [0.25, 0.3) is 0 Å². The minimum atomic E-state index is 0.995. The number of hydrogen-bond donors (Lipinski definition) is 0. The lowest BCUT2D eigenvalue weighted by Crippen LogP contribution is -2.26.